The SMILES string of the molecule is CC1(C)COc2ccc(C(O)C(C)(C)S(C)(=O)=O)cc21. The summed E-state index contributed by atoms with van der Waals surface area (Å²) in [4.78, 5) is 0. The molecular weight excluding hydrogens is 276 g/mol. The van der Waals surface area contributed by atoms with Crippen LogP contribution in [0.2, 0.25) is 0 Å². The topological polar surface area (TPSA) is 63.6 Å². The lowest BCUT2D eigenvalue weighted by Crippen LogP contribution is -2.37. The zero-order valence-corrected chi connectivity index (χ0v) is 13.4. The summed E-state index contributed by atoms with van der Waals surface area (Å²) in [6.45, 7) is 7.81. The highest BCUT2D eigenvalue weighted by atomic mass is 32.2. The van der Waals surface area contributed by atoms with Gasteiger partial charge in [-0.3, -0.25) is 0 Å². The zero-order valence-electron chi connectivity index (χ0n) is 12.6. The molecule has 112 valence electrons. The molecule has 0 aromatic heterocycles. The second-order valence-corrected chi connectivity index (χ2v) is 9.30. The average Bonchev–Trinajstić information content (AvgIpc) is 2.63. The molecular formula is C15H22O4S. The number of aliphatic hydroxyl groups is 1. The highest BCUT2D eigenvalue weighted by Gasteiger charge is 2.40. The van der Waals surface area contributed by atoms with Gasteiger partial charge in [0.05, 0.1) is 17.5 Å². The van der Waals surface area contributed by atoms with Crippen molar-refractivity contribution in [2.45, 2.75) is 44.0 Å². The van der Waals surface area contributed by atoms with Crippen LogP contribution < -0.4 is 4.74 Å². The van der Waals surface area contributed by atoms with E-state index in [9.17, 15) is 13.5 Å². The Morgan fingerprint density at radius 2 is 1.95 bits per heavy atom. The second-order valence-electron chi connectivity index (χ2n) is 6.71. The summed E-state index contributed by atoms with van der Waals surface area (Å²) < 4.78 is 28.1. The number of hydrogen-bond acceptors (Lipinski definition) is 4. The van der Waals surface area contributed by atoms with Crippen LogP contribution in [0.1, 0.15) is 44.9 Å². The number of rotatable bonds is 3. The fourth-order valence-electron chi connectivity index (χ4n) is 2.31. The molecule has 0 radical (unpaired) electrons. The smallest absolute Gasteiger partial charge is 0.155 e. The van der Waals surface area contributed by atoms with Crippen LogP contribution in [-0.4, -0.2) is 31.1 Å². The predicted octanol–water partition coefficient (Wildman–Crippen LogP) is 2.21. The molecule has 0 aliphatic carbocycles. The highest BCUT2D eigenvalue weighted by Crippen LogP contribution is 2.41. The van der Waals surface area contributed by atoms with Gasteiger partial charge in [-0.25, -0.2) is 8.42 Å². The van der Waals surface area contributed by atoms with Gasteiger partial charge in [-0.2, -0.15) is 0 Å². The summed E-state index contributed by atoms with van der Waals surface area (Å²) >= 11 is 0. The third-order valence-corrected chi connectivity index (χ3v) is 6.39. The van der Waals surface area contributed by atoms with E-state index in [-0.39, 0.29) is 5.41 Å². The van der Waals surface area contributed by atoms with Crippen molar-refractivity contribution in [3.63, 3.8) is 0 Å². The van der Waals surface area contributed by atoms with Gasteiger partial charge < -0.3 is 9.84 Å². The van der Waals surface area contributed by atoms with Gasteiger partial charge >= 0.3 is 0 Å². The van der Waals surface area contributed by atoms with Crippen molar-refractivity contribution in [2.24, 2.45) is 0 Å². The van der Waals surface area contributed by atoms with Crippen molar-refractivity contribution in [2.75, 3.05) is 12.9 Å². The quantitative estimate of drug-likeness (QED) is 0.929. The van der Waals surface area contributed by atoms with Gasteiger partial charge in [-0.15, -0.1) is 0 Å². The van der Waals surface area contributed by atoms with E-state index in [0.29, 0.717) is 12.2 Å². The maximum atomic E-state index is 11.8. The van der Waals surface area contributed by atoms with Crippen LogP contribution in [0.4, 0.5) is 0 Å². The van der Waals surface area contributed by atoms with E-state index in [1.807, 2.05) is 6.07 Å². The van der Waals surface area contributed by atoms with E-state index < -0.39 is 20.7 Å². The molecule has 1 aliphatic heterocycles. The van der Waals surface area contributed by atoms with Crippen LogP contribution in [0, 0.1) is 0 Å². The minimum absolute atomic E-state index is 0.125. The fraction of sp³-hybridized carbons (Fsp3) is 0.600. The van der Waals surface area contributed by atoms with Crippen LogP contribution >= 0.6 is 0 Å². The summed E-state index contributed by atoms with van der Waals surface area (Å²) in [6, 6.07) is 5.40. The number of ether oxygens (including phenoxy) is 1. The van der Waals surface area contributed by atoms with Crippen LogP contribution in [0.3, 0.4) is 0 Å². The molecule has 0 saturated heterocycles. The molecule has 4 nitrogen and oxygen atoms in total. The summed E-state index contributed by atoms with van der Waals surface area (Å²) in [7, 11) is -3.37. The third-order valence-electron chi connectivity index (χ3n) is 4.25. The molecule has 2 rings (SSSR count). The first-order chi connectivity index (χ1) is 8.97. The molecule has 0 spiro atoms. The lowest BCUT2D eigenvalue weighted by atomic mass is 9.84. The predicted molar refractivity (Wildman–Crippen MR) is 78.8 cm³/mol. The van der Waals surface area contributed by atoms with Crippen LogP contribution in [0.15, 0.2) is 18.2 Å². The number of hydrogen-bond donors (Lipinski definition) is 1. The number of fused-ring (bicyclic) bond motifs is 1. The maximum absolute atomic E-state index is 11.8. The number of aliphatic hydroxyl groups excluding tert-OH is 1. The van der Waals surface area contributed by atoms with Crippen molar-refractivity contribution in [1.29, 1.82) is 0 Å². The Labute approximate surface area is 120 Å². The largest absolute Gasteiger partial charge is 0.492 e. The van der Waals surface area contributed by atoms with Crippen molar-refractivity contribution in [3.8, 4) is 5.75 Å². The highest BCUT2D eigenvalue weighted by molar-refractivity contribution is 7.92. The summed E-state index contributed by atoms with van der Waals surface area (Å²) in [6.07, 6.45) is 0.0793. The van der Waals surface area contributed by atoms with Crippen molar-refractivity contribution in [1.82, 2.24) is 0 Å². The number of benzene rings is 1. The van der Waals surface area contributed by atoms with Crippen LogP contribution in [-0.2, 0) is 15.3 Å². The first-order valence-electron chi connectivity index (χ1n) is 6.62. The Morgan fingerprint density at radius 3 is 2.50 bits per heavy atom. The standard InChI is InChI=1S/C15H22O4S/c1-14(2)9-19-12-7-6-10(8-11(12)14)13(16)15(3,4)20(5,17)18/h6-8,13,16H,9H2,1-5H3. The van der Waals surface area contributed by atoms with E-state index >= 15 is 0 Å². The van der Waals surface area contributed by atoms with E-state index in [2.05, 4.69) is 13.8 Å². The normalized spacial score (nSPS) is 19.3. The van der Waals surface area contributed by atoms with E-state index in [1.165, 1.54) is 0 Å². The van der Waals surface area contributed by atoms with Crippen LogP contribution in [0.5, 0.6) is 5.75 Å². The Morgan fingerprint density at radius 1 is 1.35 bits per heavy atom. The molecule has 1 aliphatic rings. The van der Waals surface area contributed by atoms with Crippen molar-refractivity contribution >= 4 is 9.84 Å². The van der Waals surface area contributed by atoms with Gasteiger partial charge in [-0.1, -0.05) is 19.9 Å². The third kappa shape index (κ3) is 2.33. The monoisotopic (exact) mass is 298 g/mol. The molecule has 0 fully saturated rings. The minimum Gasteiger partial charge on any atom is -0.492 e. The summed E-state index contributed by atoms with van der Waals surface area (Å²) in [5.74, 6) is 0.808. The molecule has 1 atom stereocenters. The lowest BCUT2D eigenvalue weighted by Gasteiger charge is -2.29. The Kier molecular flexibility index (Phi) is 3.42. The Hall–Kier alpha value is -1.07. The first-order valence-corrected chi connectivity index (χ1v) is 8.51. The molecule has 1 heterocycles. The van der Waals surface area contributed by atoms with Gasteiger partial charge in [0, 0.05) is 17.2 Å². The molecule has 0 amide bonds. The molecule has 0 bridgehead atoms. The zero-order chi connectivity index (χ0) is 15.3. The van der Waals surface area contributed by atoms with E-state index in [4.69, 9.17) is 4.74 Å². The molecule has 5 heteroatoms. The molecule has 1 aromatic rings. The molecule has 1 aromatic carbocycles. The van der Waals surface area contributed by atoms with Gasteiger partial charge in [0.1, 0.15) is 5.75 Å². The van der Waals surface area contributed by atoms with Gasteiger partial charge in [0.15, 0.2) is 9.84 Å². The molecule has 1 N–H and O–H groups in total. The van der Waals surface area contributed by atoms with E-state index in [1.54, 1.807) is 26.0 Å². The van der Waals surface area contributed by atoms with Crippen molar-refractivity contribution in [3.05, 3.63) is 29.3 Å². The minimum atomic E-state index is -3.37. The number of sulfone groups is 1. The second kappa shape index (κ2) is 4.46. The van der Waals surface area contributed by atoms with Gasteiger partial charge in [0.25, 0.3) is 0 Å². The molecule has 1 unspecified atom stereocenters. The first kappa shape index (κ1) is 15.3. The van der Waals surface area contributed by atoms with Crippen LogP contribution in [0.25, 0.3) is 0 Å². The fourth-order valence-corrected chi connectivity index (χ4v) is 2.85. The van der Waals surface area contributed by atoms with Gasteiger partial charge in [-0.05, 0) is 31.5 Å². The Balaban J connectivity index is 2.46. The summed E-state index contributed by atoms with van der Waals surface area (Å²) in [5.41, 5.74) is 1.50. The van der Waals surface area contributed by atoms with E-state index in [0.717, 1.165) is 17.6 Å². The summed E-state index contributed by atoms with van der Waals surface area (Å²) in [5, 5.41) is 10.5. The average molecular weight is 298 g/mol. The molecule has 0 saturated carbocycles. The maximum Gasteiger partial charge on any atom is 0.155 e. The van der Waals surface area contributed by atoms with Gasteiger partial charge in [0.2, 0.25) is 0 Å². The molecule has 20 heavy (non-hydrogen) atoms. The van der Waals surface area contributed by atoms with Crippen molar-refractivity contribution < 1.29 is 18.3 Å². The Bertz CT molecular complexity index is 629. The lowest BCUT2D eigenvalue weighted by molar-refractivity contribution is 0.139.